The lowest BCUT2D eigenvalue weighted by Gasteiger charge is -2.12. The van der Waals surface area contributed by atoms with E-state index in [9.17, 15) is 14.7 Å². The first-order valence-corrected chi connectivity index (χ1v) is 11.2. The second kappa shape index (κ2) is 8.92. The topological polar surface area (TPSA) is 84.7 Å². The highest BCUT2D eigenvalue weighted by molar-refractivity contribution is 8.19. The van der Waals surface area contributed by atoms with Crippen LogP contribution in [-0.4, -0.2) is 33.1 Å². The van der Waals surface area contributed by atoms with Crippen molar-refractivity contribution in [3.05, 3.63) is 95.5 Å². The Labute approximate surface area is 199 Å². The monoisotopic (exact) mass is 469 g/mol. The van der Waals surface area contributed by atoms with Crippen molar-refractivity contribution in [2.45, 2.75) is 0 Å². The fraction of sp³-hybridized carbons (Fsp3) is 0.0385. The van der Waals surface area contributed by atoms with Crippen LogP contribution in [0.4, 0.5) is 10.5 Å². The van der Waals surface area contributed by atoms with Crippen molar-refractivity contribution >= 4 is 34.7 Å². The molecule has 1 aliphatic rings. The van der Waals surface area contributed by atoms with Gasteiger partial charge < -0.3 is 9.84 Å². The van der Waals surface area contributed by atoms with E-state index in [1.807, 2.05) is 60.8 Å². The summed E-state index contributed by atoms with van der Waals surface area (Å²) in [5.74, 6) is 0.361. The Kier molecular flexibility index (Phi) is 5.65. The average molecular weight is 470 g/mol. The van der Waals surface area contributed by atoms with Crippen molar-refractivity contribution < 1.29 is 19.4 Å². The maximum atomic E-state index is 13.1. The number of rotatable bonds is 5. The maximum absolute atomic E-state index is 13.1. The zero-order valence-electron chi connectivity index (χ0n) is 18.1. The number of carbonyl (C=O) groups is 2. The van der Waals surface area contributed by atoms with E-state index >= 15 is 0 Å². The molecule has 0 spiro atoms. The number of aromatic nitrogens is 2. The lowest BCUT2D eigenvalue weighted by atomic mass is 10.1. The second-order valence-corrected chi connectivity index (χ2v) is 8.47. The highest BCUT2D eigenvalue weighted by Crippen LogP contribution is 2.37. The Morgan fingerprint density at radius 2 is 1.62 bits per heavy atom. The maximum Gasteiger partial charge on any atom is 0.298 e. The summed E-state index contributed by atoms with van der Waals surface area (Å²) in [4.78, 5) is 27.2. The first-order valence-electron chi connectivity index (χ1n) is 10.4. The Balaban J connectivity index is 1.57. The minimum Gasteiger partial charge on any atom is -0.508 e. The van der Waals surface area contributed by atoms with Crippen LogP contribution >= 0.6 is 11.8 Å². The van der Waals surface area contributed by atoms with Crippen molar-refractivity contribution in [2.75, 3.05) is 12.0 Å². The fourth-order valence-corrected chi connectivity index (χ4v) is 4.44. The SMILES string of the molecule is COc1ccc(-c2nn(-c3ccccc3)cc2/C=C2\SC(=O)N(c3ccc(O)cc3)C2=O)cc1. The molecule has 5 rings (SSSR count). The zero-order valence-corrected chi connectivity index (χ0v) is 18.9. The summed E-state index contributed by atoms with van der Waals surface area (Å²) in [6, 6.07) is 23.1. The molecule has 8 heteroatoms. The first-order chi connectivity index (χ1) is 16.5. The molecule has 1 aromatic heterocycles. The number of thioether (sulfide) groups is 1. The third kappa shape index (κ3) is 4.06. The van der Waals surface area contributed by atoms with Gasteiger partial charge in [-0.05, 0) is 78.5 Å². The molecule has 0 radical (unpaired) electrons. The molecular formula is C26H19N3O4S. The van der Waals surface area contributed by atoms with E-state index in [-0.39, 0.29) is 5.75 Å². The predicted octanol–water partition coefficient (Wildman–Crippen LogP) is 5.49. The minimum absolute atomic E-state index is 0.0590. The number of hydrogen-bond donors (Lipinski definition) is 1. The van der Waals surface area contributed by atoms with E-state index in [4.69, 9.17) is 9.84 Å². The molecule has 2 heterocycles. The van der Waals surface area contributed by atoms with Crippen LogP contribution in [0, 0.1) is 0 Å². The van der Waals surface area contributed by atoms with E-state index < -0.39 is 11.1 Å². The number of aromatic hydroxyl groups is 1. The van der Waals surface area contributed by atoms with Crippen molar-refractivity contribution in [1.29, 1.82) is 0 Å². The normalized spacial score (nSPS) is 14.7. The van der Waals surface area contributed by atoms with E-state index in [0.717, 1.165) is 33.7 Å². The Bertz CT molecular complexity index is 1390. The average Bonchev–Trinajstić information content (AvgIpc) is 3.41. The molecule has 1 N–H and O–H groups in total. The Morgan fingerprint density at radius 1 is 0.912 bits per heavy atom. The molecule has 34 heavy (non-hydrogen) atoms. The summed E-state index contributed by atoms with van der Waals surface area (Å²) in [5, 5.41) is 13.9. The Hall–Kier alpha value is -4.30. The number of carbonyl (C=O) groups excluding carboxylic acids is 2. The van der Waals surface area contributed by atoms with Crippen LogP contribution in [0.3, 0.4) is 0 Å². The number of imide groups is 1. The van der Waals surface area contributed by atoms with Crippen LogP contribution in [0.5, 0.6) is 11.5 Å². The second-order valence-electron chi connectivity index (χ2n) is 7.48. The van der Waals surface area contributed by atoms with E-state index in [1.54, 1.807) is 17.9 Å². The van der Waals surface area contributed by atoms with Crippen molar-refractivity contribution in [3.63, 3.8) is 0 Å². The fourth-order valence-electron chi connectivity index (χ4n) is 3.61. The smallest absolute Gasteiger partial charge is 0.298 e. The summed E-state index contributed by atoms with van der Waals surface area (Å²) in [7, 11) is 1.61. The molecular weight excluding hydrogens is 450 g/mol. The standard InChI is InChI=1S/C26H19N3O4S/c1-33-22-13-7-17(8-14-22)24-18(16-28(27-24)19-5-3-2-4-6-19)15-23-25(31)29(26(32)34-23)20-9-11-21(30)12-10-20/h2-16,30H,1H3/b23-15-. The summed E-state index contributed by atoms with van der Waals surface area (Å²) in [6.45, 7) is 0. The molecule has 4 aromatic rings. The van der Waals surface area contributed by atoms with Gasteiger partial charge >= 0.3 is 0 Å². The molecule has 1 fully saturated rings. The van der Waals surface area contributed by atoms with Gasteiger partial charge in [-0.1, -0.05) is 18.2 Å². The van der Waals surface area contributed by atoms with Gasteiger partial charge in [-0.3, -0.25) is 9.59 Å². The predicted molar refractivity (Wildman–Crippen MR) is 132 cm³/mol. The van der Waals surface area contributed by atoms with Gasteiger partial charge in [0, 0.05) is 17.3 Å². The number of hydrogen-bond acceptors (Lipinski definition) is 6. The number of benzene rings is 3. The zero-order chi connectivity index (χ0) is 23.7. The lowest BCUT2D eigenvalue weighted by molar-refractivity contribution is -0.113. The number of methoxy groups -OCH3 is 1. The van der Waals surface area contributed by atoms with Gasteiger partial charge in [0.25, 0.3) is 11.1 Å². The first kappa shape index (κ1) is 21.5. The van der Waals surface area contributed by atoms with Crippen molar-refractivity contribution in [1.82, 2.24) is 9.78 Å². The lowest BCUT2D eigenvalue weighted by Crippen LogP contribution is -2.27. The molecule has 1 aliphatic heterocycles. The molecule has 0 atom stereocenters. The number of phenolic OH excluding ortho intramolecular Hbond substituents is 1. The molecule has 0 aliphatic carbocycles. The van der Waals surface area contributed by atoms with Crippen LogP contribution in [0.25, 0.3) is 23.0 Å². The molecule has 1 saturated heterocycles. The molecule has 0 unspecified atom stereocenters. The summed E-state index contributed by atoms with van der Waals surface area (Å²) in [5.41, 5.74) is 3.49. The van der Waals surface area contributed by atoms with Gasteiger partial charge in [-0.2, -0.15) is 5.10 Å². The number of anilines is 1. The number of ether oxygens (including phenoxy) is 1. The van der Waals surface area contributed by atoms with Crippen molar-refractivity contribution in [2.24, 2.45) is 0 Å². The Morgan fingerprint density at radius 3 is 2.29 bits per heavy atom. The number of para-hydroxylation sites is 1. The van der Waals surface area contributed by atoms with Gasteiger partial charge in [0.15, 0.2) is 0 Å². The number of amides is 2. The van der Waals surface area contributed by atoms with Crippen LogP contribution in [-0.2, 0) is 4.79 Å². The van der Waals surface area contributed by atoms with Crippen LogP contribution in [0.1, 0.15) is 5.56 Å². The quantitative estimate of drug-likeness (QED) is 0.389. The summed E-state index contributed by atoms with van der Waals surface area (Å²) < 4.78 is 7.01. The van der Waals surface area contributed by atoms with E-state index in [1.165, 1.54) is 24.3 Å². The van der Waals surface area contributed by atoms with E-state index in [0.29, 0.717) is 21.8 Å². The molecule has 2 amide bonds. The van der Waals surface area contributed by atoms with Crippen LogP contribution < -0.4 is 9.64 Å². The van der Waals surface area contributed by atoms with Crippen molar-refractivity contribution in [3.8, 4) is 28.4 Å². The largest absolute Gasteiger partial charge is 0.508 e. The van der Waals surface area contributed by atoms with Gasteiger partial charge in [-0.15, -0.1) is 0 Å². The number of phenols is 1. The van der Waals surface area contributed by atoms with Gasteiger partial charge in [0.05, 0.1) is 29.1 Å². The molecule has 7 nitrogen and oxygen atoms in total. The molecule has 0 bridgehead atoms. The van der Waals surface area contributed by atoms with E-state index in [2.05, 4.69) is 0 Å². The highest BCUT2D eigenvalue weighted by atomic mass is 32.2. The minimum atomic E-state index is -0.422. The summed E-state index contributed by atoms with van der Waals surface area (Å²) >= 11 is 0.870. The highest BCUT2D eigenvalue weighted by Gasteiger charge is 2.36. The van der Waals surface area contributed by atoms with Gasteiger partial charge in [-0.25, -0.2) is 9.58 Å². The number of nitrogens with zero attached hydrogens (tertiary/aromatic N) is 3. The molecule has 0 saturated carbocycles. The van der Waals surface area contributed by atoms with Gasteiger partial charge in [0.1, 0.15) is 11.5 Å². The molecule has 168 valence electrons. The van der Waals surface area contributed by atoms with Crippen LogP contribution in [0.2, 0.25) is 0 Å². The van der Waals surface area contributed by atoms with Crippen LogP contribution in [0.15, 0.2) is 90.0 Å². The summed E-state index contributed by atoms with van der Waals surface area (Å²) in [6.07, 6.45) is 3.53. The third-order valence-corrected chi connectivity index (χ3v) is 6.18. The third-order valence-electron chi connectivity index (χ3n) is 5.31. The van der Waals surface area contributed by atoms with Gasteiger partial charge in [0.2, 0.25) is 0 Å². The molecule has 3 aromatic carbocycles.